The Morgan fingerprint density at radius 2 is 2.20 bits per heavy atom. The Morgan fingerprint density at radius 3 is 2.93 bits per heavy atom. The maximum absolute atomic E-state index is 12.9. The Balaban J connectivity index is 2.31. The molecular weight excluding hydrogens is 195 g/mol. The van der Waals surface area contributed by atoms with E-state index in [0.717, 1.165) is 18.7 Å². The fourth-order valence-electron chi connectivity index (χ4n) is 1.68. The smallest absolute Gasteiger partial charge is 0.258 e. The lowest BCUT2D eigenvalue weighted by molar-refractivity contribution is 0.629. The van der Waals surface area contributed by atoms with Gasteiger partial charge >= 0.3 is 0 Å². The van der Waals surface area contributed by atoms with E-state index in [-0.39, 0.29) is 5.56 Å². The third-order valence-electron chi connectivity index (χ3n) is 2.65. The van der Waals surface area contributed by atoms with Crippen molar-refractivity contribution in [3.63, 3.8) is 0 Å². The van der Waals surface area contributed by atoms with Gasteiger partial charge in [-0.3, -0.25) is 4.79 Å². The molecule has 0 radical (unpaired) electrons. The molecule has 2 aromatic rings. The van der Waals surface area contributed by atoms with Gasteiger partial charge in [-0.25, -0.2) is 9.37 Å². The second-order valence-electron chi connectivity index (χ2n) is 3.89. The highest BCUT2D eigenvalue weighted by molar-refractivity contribution is 5.77. The normalized spacial score (nSPS) is 15.8. The molecule has 1 saturated carbocycles. The molecule has 3 nitrogen and oxygen atoms in total. The van der Waals surface area contributed by atoms with Gasteiger partial charge in [0, 0.05) is 5.92 Å². The molecule has 0 spiro atoms. The van der Waals surface area contributed by atoms with E-state index in [4.69, 9.17) is 0 Å². The van der Waals surface area contributed by atoms with Crippen LogP contribution in [-0.4, -0.2) is 9.97 Å². The first-order valence-corrected chi connectivity index (χ1v) is 4.93. The third kappa shape index (κ3) is 1.42. The zero-order valence-electron chi connectivity index (χ0n) is 7.96. The van der Waals surface area contributed by atoms with Gasteiger partial charge in [-0.2, -0.15) is 0 Å². The topological polar surface area (TPSA) is 45.8 Å². The number of benzene rings is 1. The van der Waals surface area contributed by atoms with E-state index in [9.17, 15) is 9.18 Å². The Hall–Kier alpha value is -1.71. The number of fused-ring (bicyclic) bond motifs is 1. The number of hydrogen-bond donors (Lipinski definition) is 1. The Morgan fingerprint density at radius 1 is 1.40 bits per heavy atom. The van der Waals surface area contributed by atoms with Gasteiger partial charge in [0.1, 0.15) is 11.6 Å². The summed E-state index contributed by atoms with van der Waals surface area (Å²) in [4.78, 5) is 18.6. The van der Waals surface area contributed by atoms with Crippen LogP contribution in [0.5, 0.6) is 0 Å². The largest absolute Gasteiger partial charge is 0.310 e. The molecule has 1 aliphatic carbocycles. The second kappa shape index (κ2) is 2.89. The number of H-pyrrole nitrogens is 1. The van der Waals surface area contributed by atoms with Crippen LogP contribution in [0, 0.1) is 5.82 Å². The fraction of sp³-hybridized carbons (Fsp3) is 0.273. The first kappa shape index (κ1) is 8.59. The summed E-state index contributed by atoms with van der Waals surface area (Å²) in [5.74, 6) is 0.722. The van der Waals surface area contributed by atoms with E-state index >= 15 is 0 Å². The highest BCUT2D eigenvalue weighted by Crippen LogP contribution is 2.37. The number of hydrogen-bond acceptors (Lipinski definition) is 2. The summed E-state index contributed by atoms with van der Waals surface area (Å²) < 4.78 is 12.9. The molecule has 1 N–H and O–H groups in total. The lowest BCUT2D eigenvalue weighted by Crippen LogP contribution is -2.11. The van der Waals surface area contributed by atoms with Crippen molar-refractivity contribution in [2.24, 2.45) is 0 Å². The zero-order chi connectivity index (χ0) is 10.4. The minimum absolute atomic E-state index is 0.249. The zero-order valence-corrected chi connectivity index (χ0v) is 7.96. The van der Waals surface area contributed by atoms with Gasteiger partial charge in [-0.05, 0) is 31.0 Å². The van der Waals surface area contributed by atoms with Crippen molar-refractivity contribution in [2.45, 2.75) is 18.8 Å². The van der Waals surface area contributed by atoms with Crippen molar-refractivity contribution in [2.75, 3.05) is 0 Å². The minimum Gasteiger partial charge on any atom is -0.310 e. The molecule has 0 atom stereocenters. The highest BCUT2D eigenvalue weighted by Gasteiger charge is 2.26. The first-order chi connectivity index (χ1) is 7.24. The number of nitrogens with one attached hydrogen (secondary N) is 1. The maximum Gasteiger partial charge on any atom is 0.258 e. The van der Waals surface area contributed by atoms with Gasteiger partial charge in [-0.15, -0.1) is 0 Å². The van der Waals surface area contributed by atoms with Crippen LogP contribution in [0.4, 0.5) is 4.39 Å². The molecule has 1 heterocycles. The van der Waals surface area contributed by atoms with Crippen LogP contribution in [0.15, 0.2) is 23.0 Å². The van der Waals surface area contributed by atoms with Crippen LogP contribution in [0.2, 0.25) is 0 Å². The molecule has 0 bridgehead atoms. The standard InChI is InChI=1S/C11H9FN2O/c12-7-3-4-9-8(5-7)11(15)14-10(13-9)6-1-2-6/h3-6H,1-2H2,(H,13,14,15). The van der Waals surface area contributed by atoms with Crippen LogP contribution in [0.25, 0.3) is 10.9 Å². The van der Waals surface area contributed by atoms with Gasteiger partial charge in [0.05, 0.1) is 10.9 Å². The van der Waals surface area contributed by atoms with Crippen LogP contribution in [-0.2, 0) is 0 Å². The highest BCUT2D eigenvalue weighted by atomic mass is 19.1. The number of rotatable bonds is 1. The van der Waals surface area contributed by atoms with Gasteiger partial charge in [0.15, 0.2) is 0 Å². The SMILES string of the molecule is O=c1[nH]c(C2CC2)nc2ccc(F)cc12. The molecule has 76 valence electrons. The quantitative estimate of drug-likeness (QED) is 0.771. The summed E-state index contributed by atoms with van der Waals surface area (Å²) >= 11 is 0. The van der Waals surface area contributed by atoms with E-state index in [1.54, 1.807) is 6.07 Å². The molecule has 1 aliphatic rings. The predicted molar refractivity (Wildman–Crippen MR) is 54.3 cm³/mol. The van der Waals surface area contributed by atoms with Gasteiger partial charge in [-0.1, -0.05) is 0 Å². The Bertz CT molecular complexity index is 587. The lowest BCUT2D eigenvalue weighted by atomic mass is 10.2. The monoisotopic (exact) mass is 204 g/mol. The van der Waals surface area contributed by atoms with Gasteiger partial charge in [0.25, 0.3) is 5.56 Å². The van der Waals surface area contributed by atoms with E-state index in [2.05, 4.69) is 9.97 Å². The Kier molecular flexibility index (Phi) is 1.65. The molecular formula is C11H9FN2O. The van der Waals surface area contributed by atoms with E-state index in [1.165, 1.54) is 12.1 Å². The molecule has 4 heteroatoms. The number of aromatic amines is 1. The second-order valence-corrected chi connectivity index (χ2v) is 3.89. The lowest BCUT2D eigenvalue weighted by Gasteiger charge is -2.00. The molecule has 1 aromatic heterocycles. The predicted octanol–water partition coefficient (Wildman–Crippen LogP) is 1.94. The molecule has 0 amide bonds. The van der Waals surface area contributed by atoms with Crippen molar-refractivity contribution in [1.29, 1.82) is 0 Å². The minimum atomic E-state index is -0.408. The average Bonchev–Trinajstić information content (AvgIpc) is 3.02. The van der Waals surface area contributed by atoms with Gasteiger partial charge in [0.2, 0.25) is 0 Å². The molecule has 1 aromatic carbocycles. The molecule has 1 fully saturated rings. The van der Waals surface area contributed by atoms with E-state index in [1.807, 2.05) is 0 Å². The third-order valence-corrected chi connectivity index (χ3v) is 2.65. The van der Waals surface area contributed by atoms with Crippen LogP contribution in [0.3, 0.4) is 0 Å². The first-order valence-electron chi connectivity index (χ1n) is 4.93. The van der Waals surface area contributed by atoms with Crippen LogP contribution >= 0.6 is 0 Å². The van der Waals surface area contributed by atoms with Crippen molar-refractivity contribution in [1.82, 2.24) is 9.97 Å². The van der Waals surface area contributed by atoms with Crippen LogP contribution < -0.4 is 5.56 Å². The summed E-state index contributed by atoms with van der Waals surface area (Å²) in [5, 5.41) is 0.319. The Labute approximate surface area is 85.0 Å². The summed E-state index contributed by atoms with van der Waals surface area (Å²) in [7, 11) is 0. The van der Waals surface area contributed by atoms with Gasteiger partial charge < -0.3 is 4.98 Å². The maximum atomic E-state index is 12.9. The summed E-state index contributed by atoms with van der Waals surface area (Å²) in [6, 6.07) is 4.09. The van der Waals surface area contributed by atoms with Crippen molar-refractivity contribution >= 4 is 10.9 Å². The molecule has 15 heavy (non-hydrogen) atoms. The molecule has 3 rings (SSSR count). The van der Waals surface area contributed by atoms with Crippen molar-refractivity contribution < 1.29 is 4.39 Å². The summed E-state index contributed by atoms with van der Waals surface area (Å²) in [6.07, 6.45) is 2.16. The van der Waals surface area contributed by atoms with E-state index in [0.29, 0.717) is 16.8 Å². The molecule has 0 saturated heterocycles. The fourth-order valence-corrected chi connectivity index (χ4v) is 1.68. The van der Waals surface area contributed by atoms with Crippen molar-refractivity contribution in [3.8, 4) is 0 Å². The summed E-state index contributed by atoms with van der Waals surface area (Å²) in [6.45, 7) is 0. The van der Waals surface area contributed by atoms with E-state index < -0.39 is 5.82 Å². The summed E-state index contributed by atoms with van der Waals surface area (Å²) in [5.41, 5.74) is 0.323. The number of nitrogens with zero attached hydrogens (tertiary/aromatic N) is 1. The van der Waals surface area contributed by atoms with Crippen LogP contribution in [0.1, 0.15) is 24.6 Å². The number of halogens is 1. The average molecular weight is 204 g/mol. The number of aromatic nitrogens is 2. The molecule has 0 unspecified atom stereocenters. The molecule has 0 aliphatic heterocycles. The van der Waals surface area contributed by atoms with Crippen molar-refractivity contribution in [3.05, 3.63) is 40.2 Å².